The molecule has 0 N–H and O–H groups in total. The second-order valence-corrected chi connectivity index (χ2v) is 21.0. The van der Waals surface area contributed by atoms with E-state index < -0.39 is 0 Å². The van der Waals surface area contributed by atoms with Gasteiger partial charge >= 0.3 is 0 Å². The lowest BCUT2D eigenvalue weighted by molar-refractivity contribution is 1.28. The van der Waals surface area contributed by atoms with Crippen LogP contribution in [0, 0.1) is 0 Å². The van der Waals surface area contributed by atoms with Gasteiger partial charge in [-0.15, -0.1) is 45.3 Å². The summed E-state index contributed by atoms with van der Waals surface area (Å²) in [4.78, 5) is 9.75. The fraction of sp³-hybridized carbons (Fsp3) is 0. The molecule has 0 saturated carbocycles. The molecule has 2 nitrogen and oxygen atoms in total. The van der Waals surface area contributed by atoms with Gasteiger partial charge in [0, 0.05) is 74.2 Å². The molecule has 0 saturated heterocycles. The van der Waals surface area contributed by atoms with Crippen molar-refractivity contribution in [1.29, 1.82) is 0 Å². The minimum atomic E-state index is 1.13. The van der Waals surface area contributed by atoms with Crippen LogP contribution < -0.4 is 9.80 Å². The number of benzene rings is 9. The van der Waals surface area contributed by atoms with Gasteiger partial charge in [0.1, 0.15) is 0 Å². The van der Waals surface area contributed by atoms with Crippen molar-refractivity contribution in [3.8, 4) is 41.8 Å². The standard InChI is InChI=1S/C62H40N2S4/c1-5-15-45(16-6-1)63(46-17-7-2-8-18-46)49-29-25-41(26-30-49)57-37-43-35-51-53(39-59(43)67-57)62(56-24-14-34-66-56)52-36-44-38-58(68-60(44)40-54(52)61(51)55-23-13-33-65-55)42-27-31-50(32-28-42)64(47-19-9-3-10-20-47)48-21-11-4-12-22-48/h1-40H. The Balaban J connectivity index is 0.929. The van der Waals surface area contributed by atoms with Crippen LogP contribution in [0.1, 0.15) is 0 Å². The molecule has 0 aliphatic heterocycles. The van der Waals surface area contributed by atoms with Gasteiger partial charge in [0.15, 0.2) is 0 Å². The van der Waals surface area contributed by atoms with E-state index in [1.807, 2.05) is 45.3 Å². The van der Waals surface area contributed by atoms with Crippen molar-refractivity contribution in [2.24, 2.45) is 0 Å². The van der Waals surface area contributed by atoms with E-state index in [-0.39, 0.29) is 0 Å². The fourth-order valence-corrected chi connectivity index (χ4v) is 13.5. The zero-order valence-corrected chi connectivity index (χ0v) is 39.9. The Kier molecular flexibility index (Phi) is 10.3. The van der Waals surface area contributed by atoms with Gasteiger partial charge in [0.05, 0.1) is 0 Å². The Bertz CT molecular complexity index is 3430. The number of fused-ring (bicyclic) bond motifs is 4. The monoisotopic (exact) mass is 940 g/mol. The highest BCUT2D eigenvalue weighted by Crippen LogP contribution is 2.50. The van der Waals surface area contributed by atoms with Crippen molar-refractivity contribution in [3.05, 3.63) is 241 Å². The Hall–Kier alpha value is -7.58. The molecule has 6 heteroatoms. The summed E-state index contributed by atoms with van der Waals surface area (Å²) in [5.74, 6) is 0. The van der Waals surface area contributed by atoms with Crippen molar-refractivity contribution < 1.29 is 0 Å². The van der Waals surface area contributed by atoms with E-state index in [1.165, 1.54) is 83.5 Å². The molecule has 0 atom stereocenters. The maximum absolute atomic E-state index is 2.48. The molecule has 4 heterocycles. The fourth-order valence-electron chi connectivity index (χ4n) is 9.70. The van der Waals surface area contributed by atoms with E-state index in [4.69, 9.17) is 0 Å². The predicted molar refractivity (Wildman–Crippen MR) is 299 cm³/mol. The van der Waals surface area contributed by atoms with Gasteiger partial charge in [-0.2, -0.15) is 0 Å². The number of anilines is 6. The van der Waals surface area contributed by atoms with E-state index >= 15 is 0 Å². The average Bonchev–Trinajstić information content (AvgIpc) is 4.26. The lowest BCUT2D eigenvalue weighted by Crippen LogP contribution is -2.09. The maximum Gasteiger partial charge on any atom is 0.0462 e. The minimum absolute atomic E-state index is 1.13. The van der Waals surface area contributed by atoms with E-state index in [1.54, 1.807) is 0 Å². The molecule has 0 amide bonds. The molecule has 13 aromatic rings. The average molecular weight is 941 g/mol. The third-order valence-electron chi connectivity index (χ3n) is 12.8. The summed E-state index contributed by atoms with van der Waals surface area (Å²) in [5.41, 5.74) is 11.9. The summed E-state index contributed by atoms with van der Waals surface area (Å²) in [7, 11) is 0. The van der Waals surface area contributed by atoms with Crippen LogP contribution in [-0.4, -0.2) is 0 Å². The van der Waals surface area contributed by atoms with Crippen LogP contribution in [-0.2, 0) is 0 Å². The lowest BCUT2D eigenvalue weighted by Gasteiger charge is -2.25. The maximum atomic E-state index is 2.48. The van der Waals surface area contributed by atoms with Crippen LogP contribution in [0.3, 0.4) is 0 Å². The number of hydrogen-bond acceptors (Lipinski definition) is 6. The van der Waals surface area contributed by atoms with Gasteiger partial charge in [0.25, 0.3) is 0 Å². The number of para-hydroxylation sites is 4. The molecule has 4 aromatic heterocycles. The van der Waals surface area contributed by atoms with E-state index in [2.05, 4.69) is 251 Å². The van der Waals surface area contributed by atoms with E-state index in [0.29, 0.717) is 0 Å². The molecule has 0 aliphatic carbocycles. The number of thiophene rings is 4. The van der Waals surface area contributed by atoms with Gasteiger partial charge in [-0.1, -0.05) is 109 Å². The topological polar surface area (TPSA) is 6.48 Å². The van der Waals surface area contributed by atoms with Crippen LogP contribution in [0.2, 0.25) is 0 Å². The van der Waals surface area contributed by atoms with E-state index in [9.17, 15) is 0 Å². The van der Waals surface area contributed by atoms with Crippen LogP contribution in [0.15, 0.2) is 241 Å². The van der Waals surface area contributed by atoms with Gasteiger partial charge in [-0.3, -0.25) is 0 Å². The third-order valence-corrected chi connectivity index (χ3v) is 16.9. The predicted octanol–water partition coefficient (Wildman–Crippen LogP) is 20.2. The summed E-state index contributed by atoms with van der Waals surface area (Å²) in [6.07, 6.45) is 0. The molecule has 9 aromatic carbocycles. The summed E-state index contributed by atoms with van der Waals surface area (Å²) in [6, 6.07) is 84.2. The highest BCUT2D eigenvalue weighted by Gasteiger charge is 2.22. The van der Waals surface area contributed by atoms with Crippen molar-refractivity contribution in [2.45, 2.75) is 0 Å². The largest absolute Gasteiger partial charge is 0.311 e. The first-order valence-corrected chi connectivity index (χ1v) is 26.1. The molecular weight excluding hydrogens is 901 g/mol. The molecule has 0 unspecified atom stereocenters. The van der Waals surface area contributed by atoms with Gasteiger partial charge in [0.2, 0.25) is 0 Å². The molecule has 13 rings (SSSR count). The lowest BCUT2D eigenvalue weighted by atomic mass is 9.89. The minimum Gasteiger partial charge on any atom is -0.311 e. The summed E-state index contributed by atoms with van der Waals surface area (Å²) < 4.78 is 2.59. The van der Waals surface area contributed by atoms with Crippen molar-refractivity contribution in [3.63, 3.8) is 0 Å². The molecular formula is C62H40N2S4. The molecule has 0 radical (unpaired) electrons. The highest BCUT2D eigenvalue weighted by molar-refractivity contribution is 7.22. The SMILES string of the molecule is c1ccc(N(c2ccccc2)c2ccc(-c3cc4cc5c(-c6cccs6)c6cc7sc(-c8ccc(N(c9ccccc9)c9ccccc9)cc8)cc7cc6c(-c6cccs6)c5cc4s3)cc2)cc1. The summed E-state index contributed by atoms with van der Waals surface area (Å²) in [6.45, 7) is 0. The Morgan fingerprint density at radius 3 is 0.912 bits per heavy atom. The second-order valence-electron chi connectivity index (χ2n) is 16.9. The number of hydrogen-bond donors (Lipinski definition) is 0. The molecule has 0 spiro atoms. The Morgan fingerprint density at radius 1 is 0.265 bits per heavy atom. The second kappa shape index (κ2) is 17.3. The quantitative estimate of drug-likeness (QED) is 0.126. The zero-order valence-electron chi connectivity index (χ0n) is 36.6. The van der Waals surface area contributed by atoms with Crippen LogP contribution in [0.25, 0.3) is 83.5 Å². The first-order valence-electron chi connectivity index (χ1n) is 22.7. The number of rotatable bonds is 10. The van der Waals surface area contributed by atoms with Crippen LogP contribution in [0.4, 0.5) is 34.1 Å². The molecule has 0 bridgehead atoms. The van der Waals surface area contributed by atoms with Crippen molar-refractivity contribution >= 4 is 121 Å². The van der Waals surface area contributed by atoms with Gasteiger partial charge in [-0.05, 0) is 176 Å². The van der Waals surface area contributed by atoms with Crippen LogP contribution in [0.5, 0.6) is 0 Å². The van der Waals surface area contributed by atoms with E-state index in [0.717, 1.165) is 34.1 Å². The van der Waals surface area contributed by atoms with Crippen LogP contribution >= 0.6 is 45.3 Å². The molecule has 322 valence electrons. The summed E-state index contributed by atoms with van der Waals surface area (Å²) in [5, 5.41) is 12.2. The van der Waals surface area contributed by atoms with Crippen molar-refractivity contribution in [2.75, 3.05) is 9.80 Å². The summed E-state index contributed by atoms with van der Waals surface area (Å²) >= 11 is 7.41. The molecule has 68 heavy (non-hydrogen) atoms. The van der Waals surface area contributed by atoms with Gasteiger partial charge in [-0.25, -0.2) is 0 Å². The Morgan fingerprint density at radius 2 is 0.588 bits per heavy atom. The normalized spacial score (nSPS) is 11.5. The highest BCUT2D eigenvalue weighted by atomic mass is 32.1. The zero-order chi connectivity index (χ0) is 45.0. The third kappa shape index (κ3) is 7.30. The molecule has 0 aliphatic rings. The Labute approximate surface area is 411 Å². The molecule has 0 fully saturated rings. The van der Waals surface area contributed by atoms with Crippen molar-refractivity contribution in [1.82, 2.24) is 0 Å². The number of nitrogens with zero attached hydrogens (tertiary/aromatic N) is 2. The first kappa shape index (κ1) is 40.7. The van der Waals surface area contributed by atoms with Gasteiger partial charge < -0.3 is 9.80 Å². The first-order chi connectivity index (χ1) is 33.7. The smallest absolute Gasteiger partial charge is 0.0462 e.